The van der Waals surface area contributed by atoms with E-state index in [-0.39, 0.29) is 22.7 Å². The van der Waals surface area contributed by atoms with E-state index in [1.165, 1.54) is 23.1 Å². The zero-order chi connectivity index (χ0) is 14.7. The van der Waals surface area contributed by atoms with Crippen LogP contribution in [0.5, 0.6) is 0 Å². The van der Waals surface area contributed by atoms with Gasteiger partial charge in [-0.1, -0.05) is 0 Å². The molecular weight excluding hydrogens is 331 g/mol. The maximum Gasteiger partial charge on any atom is 0.338 e. The van der Waals surface area contributed by atoms with Gasteiger partial charge in [0, 0.05) is 6.54 Å². The molecule has 108 valence electrons. The average molecular weight is 345 g/mol. The number of halogens is 2. The fraction of sp³-hybridized carbons (Fsp3) is 0.385. The van der Waals surface area contributed by atoms with Crippen molar-refractivity contribution in [2.45, 2.75) is 18.9 Å². The second kappa shape index (κ2) is 6.21. The molecule has 0 saturated carbocycles. The molecule has 1 fully saturated rings. The summed E-state index contributed by atoms with van der Waals surface area (Å²) in [5.74, 6) is -1.00. The lowest BCUT2D eigenvalue weighted by atomic mass is 10.2. The number of carbonyl (C=O) groups excluding carboxylic acids is 2. The van der Waals surface area contributed by atoms with E-state index in [0.29, 0.717) is 6.54 Å². The number of likely N-dealkylation sites (tertiary alicyclic amines) is 1. The van der Waals surface area contributed by atoms with Crippen molar-refractivity contribution in [1.29, 1.82) is 0 Å². The first-order valence-electron chi connectivity index (χ1n) is 6.17. The molecule has 1 aromatic carbocycles. The molecule has 7 heteroatoms. The summed E-state index contributed by atoms with van der Waals surface area (Å²) in [4.78, 5) is 24.5. The van der Waals surface area contributed by atoms with Crippen molar-refractivity contribution >= 4 is 27.9 Å². The molecule has 1 heterocycles. The summed E-state index contributed by atoms with van der Waals surface area (Å²) in [5, 5.41) is 0. The molecule has 20 heavy (non-hydrogen) atoms. The first-order chi connectivity index (χ1) is 9.49. The highest BCUT2D eigenvalue weighted by atomic mass is 79.9. The van der Waals surface area contributed by atoms with Crippen molar-refractivity contribution in [3.63, 3.8) is 0 Å². The normalized spacial score (nSPS) is 18.1. The molecule has 1 unspecified atom stereocenters. The molecule has 0 radical (unpaired) electrons. The second-order valence-corrected chi connectivity index (χ2v) is 5.41. The standard InChI is InChI=1S/C13H14BrFN2O3/c14-10-6-8(3-4-11(10)15)12(18)20-7-9-2-1-5-17(9)13(16)19/h3-4,6,9H,1-2,5,7H2,(H2,16,19). The Morgan fingerprint density at radius 2 is 2.25 bits per heavy atom. The molecule has 0 bridgehead atoms. The van der Waals surface area contributed by atoms with Crippen LogP contribution in [0.3, 0.4) is 0 Å². The highest BCUT2D eigenvalue weighted by molar-refractivity contribution is 9.10. The van der Waals surface area contributed by atoms with E-state index >= 15 is 0 Å². The Balaban J connectivity index is 1.95. The highest BCUT2D eigenvalue weighted by Crippen LogP contribution is 2.19. The third-order valence-electron chi connectivity index (χ3n) is 3.22. The van der Waals surface area contributed by atoms with E-state index in [4.69, 9.17) is 10.5 Å². The van der Waals surface area contributed by atoms with E-state index < -0.39 is 17.8 Å². The van der Waals surface area contributed by atoms with Gasteiger partial charge in [-0.2, -0.15) is 0 Å². The third kappa shape index (κ3) is 3.27. The summed E-state index contributed by atoms with van der Waals surface area (Å²) in [7, 11) is 0. The van der Waals surface area contributed by atoms with Crippen LogP contribution in [0.15, 0.2) is 22.7 Å². The number of hydrogen-bond donors (Lipinski definition) is 1. The molecule has 0 spiro atoms. The van der Waals surface area contributed by atoms with Gasteiger partial charge in [-0.05, 0) is 47.0 Å². The number of nitrogens with two attached hydrogens (primary N) is 1. The molecule has 2 rings (SSSR count). The van der Waals surface area contributed by atoms with Crippen LogP contribution in [0, 0.1) is 5.82 Å². The summed E-state index contributed by atoms with van der Waals surface area (Å²) in [6.07, 6.45) is 1.59. The number of nitrogens with zero attached hydrogens (tertiary/aromatic N) is 1. The molecule has 0 aliphatic carbocycles. The summed E-state index contributed by atoms with van der Waals surface area (Å²) < 4.78 is 18.4. The lowest BCUT2D eigenvalue weighted by Gasteiger charge is -2.22. The Bertz CT molecular complexity index is 538. The predicted octanol–water partition coefficient (Wildman–Crippen LogP) is 2.29. The van der Waals surface area contributed by atoms with Crippen LogP contribution in [0.1, 0.15) is 23.2 Å². The van der Waals surface area contributed by atoms with E-state index in [1.807, 2.05) is 0 Å². The van der Waals surface area contributed by atoms with Crippen molar-refractivity contribution in [3.05, 3.63) is 34.1 Å². The van der Waals surface area contributed by atoms with Crippen molar-refractivity contribution in [2.24, 2.45) is 5.73 Å². The van der Waals surface area contributed by atoms with Gasteiger partial charge in [0.2, 0.25) is 0 Å². The highest BCUT2D eigenvalue weighted by Gasteiger charge is 2.28. The van der Waals surface area contributed by atoms with Gasteiger partial charge in [0.15, 0.2) is 0 Å². The fourth-order valence-corrected chi connectivity index (χ4v) is 2.56. The lowest BCUT2D eigenvalue weighted by molar-refractivity contribution is 0.0422. The molecule has 1 aliphatic rings. The van der Waals surface area contributed by atoms with E-state index in [2.05, 4.69) is 15.9 Å². The summed E-state index contributed by atoms with van der Waals surface area (Å²) >= 11 is 3.01. The SMILES string of the molecule is NC(=O)N1CCCC1COC(=O)c1ccc(F)c(Br)c1. The maximum atomic E-state index is 13.1. The van der Waals surface area contributed by atoms with Crippen LogP contribution in [0.4, 0.5) is 9.18 Å². The molecule has 1 aromatic rings. The summed E-state index contributed by atoms with van der Waals surface area (Å²) in [6.45, 7) is 0.677. The van der Waals surface area contributed by atoms with Crippen LogP contribution in [0.2, 0.25) is 0 Å². The second-order valence-electron chi connectivity index (χ2n) is 4.56. The monoisotopic (exact) mass is 344 g/mol. The molecule has 5 nitrogen and oxygen atoms in total. The van der Waals surface area contributed by atoms with Gasteiger partial charge in [-0.3, -0.25) is 0 Å². The number of rotatable bonds is 3. The van der Waals surface area contributed by atoms with Gasteiger partial charge in [0.05, 0.1) is 16.1 Å². The van der Waals surface area contributed by atoms with E-state index in [0.717, 1.165) is 12.8 Å². The van der Waals surface area contributed by atoms with Crippen LogP contribution >= 0.6 is 15.9 Å². The van der Waals surface area contributed by atoms with Gasteiger partial charge in [-0.15, -0.1) is 0 Å². The Hall–Kier alpha value is -1.63. The summed E-state index contributed by atoms with van der Waals surface area (Å²) in [5.41, 5.74) is 5.49. The van der Waals surface area contributed by atoms with E-state index in [1.54, 1.807) is 0 Å². The minimum absolute atomic E-state index is 0.0940. The smallest absolute Gasteiger partial charge is 0.338 e. The van der Waals surface area contributed by atoms with Crippen molar-refractivity contribution in [3.8, 4) is 0 Å². The molecule has 0 aromatic heterocycles. The number of benzene rings is 1. The number of amides is 2. The Labute approximate surface area is 124 Å². The summed E-state index contributed by atoms with van der Waals surface area (Å²) in [6, 6.07) is 3.21. The minimum Gasteiger partial charge on any atom is -0.460 e. The van der Waals surface area contributed by atoms with Gasteiger partial charge < -0.3 is 15.4 Å². The number of carbonyl (C=O) groups is 2. The van der Waals surface area contributed by atoms with E-state index in [9.17, 15) is 14.0 Å². The predicted molar refractivity (Wildman–Crippen MR) is 73.7 cm³/mol. The number of ether oxygens (including phenoxy) is 1. The van der Waals surface area contributed by atoms with Gasteiger partial charge >= 0.3 is 12.0 Å². The van der Waals surface area contributed by atoms with Crippen molar-refractivity contribution in [2.75, 3.05) is 13.2 Å². The molecule has 1 aliphatic heterocycles. The van der Waals surface area contributed by atoms with Crippen molar-refractivity contribution < 1.29 is 18.7 Å². The quantitative estimate of drug-likeness (QED) is 0.855. The largest absolute Gasteiger partial charge is 0.460 e. The fourth-order valence-electron chi connectivity index (χ4n) is 2.18. The van der Waals surface area contributed by atoms with Gasteiger partial charge in [0.1, 0.15) is 12.4 Å². The average Bonchev–Trinajstić information content (AvgIpc) is 2.87. The molecular formula is C13H14BrFN2O3. The van der Waals surface area contributed by atoms with Crippen LogP contribution in [0.25, 0.3) is 0 Å². The maximum absolute atomic E-state index is 13.1. The Morgan fingerprint density at radius 1 is 1.50 bits per heavy atom. The molecule has 2 amide bonds. The first kappa shape index (κ1) is 14.8. The number of hydrogen-bond acceptors (Lipinski definition) is 3. The molecule has 1 saturated heterocycles. The molecule has 1 atom stereocenters. The zero-order valence-corrected chi connectivity index (χ0v) is 12.2. The Morgan fingerprint density at radius 3 is 2.90 bits per heavy atom. The number of esters is 1. The van der Waals surface area contributed by atoms with Crippen LogP contribution in [-0.2, 0) is 4.74 Å². The molecule has 2 N–H and O–H groups in total. The Kier molecular flexibility index (Phi) is 4.59. The number of urea groups is 1. The first-order valence-corrected chi connectivity index (χ1v) is 6.96. The third-order valence-corrected chi connectivity index (χ3v) is 3.83. The number of primary amides is 1. The van der Waals surface area contributed by atoms with Crippen LogP contribution < -0.4 is 5.73 Å². The minimum atomic E-state index is -0.554. The zero-order valence-electron chi connectivity index (χ0n) is 10.6. The van der Waals surface area contributed by atoms with Crippen molar-refractivity contribution in [1.82, 2.24) is 4.90 Å². The lowest BCUT2D eigenvalue weighted by Crippen LogP contribution is -2.41. The van der Waals surface area contributed by atoms with Gasteiger partial charge in [-0.25, -0.2) is 14.0 Å². The van der Waals surface area contributed by atoms with Crippen LogP contribution in [-0.4, -0.2) is 36.1 Å². The topological polar surface area (TPSA) is 72.6 Å². The van der Waals surface area contributed by atoms with Gasteiger partial charge in [0.25, 0.3) is 0 Å².